The molecule has 2 aromatic rings. The third-order valence-electron chi connectivity index (χ3n) is 3.51. The van der Waals surface area contributed by atoms with Crippen LogP contribution in [0.2, 0.25) is 0 Å². The molecule has 0 bridgehead atoms. The Morgan fingerprint density at radius 1 is 1.25 bits per heavy atom. The highest BCUT2D eigenvalue weighted by molar-refractivity contribution is 5.77. The molecule has 1 heterocycles. The minimum absolute atomic E-state index is 0.0730. The summed E-state index contributed by atoms with van der Waals surface area (Å²) in [4.78, 5) is 17.4. The average molecular weight is 273 g/mol. The summed E-state index contributed by atoms with van der Waals surface area (Å²) in [5.74, 6) is 0.861. The monoisotopic (exact) mass is 273 g/mol. The van der Waals surface area contributed by atoms with Gasteiger partial charge in [0, 0.05) is 6.54 Å². The number of hydrogen-bond donors (Lipinski definition) is 1. The number of fused-ring (bicyclic) bond motifs is 1. The van der Waals surface area contributed by atoms with Gasteiger partial charge in [0.05, 0.1) is 16.9 Å². The van der Waals surface area contributed by atoms with Crippen LogP contribution in [-0.4, -0.2) is 16.1 Å². The quantitative estimate of drug-likeness (QED) is 0.880. The molecular formula is C16H23N3O. The van der Waals surface area contributed by atoms with Gasteiger partial charge in [0.2, 0.25) is 0 Å². The SMILES string of the molecule is CCCn1c([C@@H](CC)NCC)nc2ccccc2c1=O. The fraction of sp³-hybridized carbons (Fsp3) is 0.500. The molecular weight excluding hydrogens is 250 g/mol. The number of para-hydroxylation sites is 1. The van der Waals surface area contributed by atoms with Crippen molar-refractivity contribution in [3.05, 3.63) is 40.4 Å². The molecule has 0 aliphatic rings. The summed E-state index contributed by atoms with van der Waals surface area (Å²) < 4.78 is 1.83. The Labute approximate surface area is 119 Å². The van der Waals surface area contributed by atoms with E-state index in [0.717, 1.165) is 30.7 Å². The molecule has 0 aliphatic heterocycles. The molecule has 0 saturated heterocycles. The fourth-order valence-electron chi connectivity index (χ4n) is 2.56. The molecule has 0 unspecified atom stereocenters. The summed E-state index contributed by atoms with van der Waals surface area (Å²) in [7, 11) is 0. The molecule has 4 nitrogen and oxygen atoms in total. The minimum Gasteiger partial charge on any atom is -0.308 e. The highest BCUT2D eigenvalue weighted by Gasteiger charge is 2.17. The molecule has 1 aromatic heterocycles. The molecule has 0 amide bonds. The second-order valence-electron chi connectivity index (χ2n) is 4.96. The lowest BCUT2D eigenvalue weighted by atomic mass is 10.1. The maximum atomic E-state index is 12.7. The lowest BCUT2D eigenvalue weighted by molar-refractivity contribution is 0.467. The predicted octanol–water partition coefficient (Wildman–Crippen LogP) is 2.87. The van der Waals surface area contributed by atoms with Crippen molar-refractivity contribution in [1.29, 1.82) is 0 Å². The van der Waals surface area contributed by atoms with Crippen LogP contribution < -0.4 is 10.9 Å². The van der Waals surface area contributed by atoms with E-state index in [1.54, 1.807) is 0 Å². The zero-order valence-corrected chi connectivity index (χ0v) is 12.5. The molecule has 0 aliphatic carbocycles. The fourth-order valence-corrected chi connectivity index (χ4v) is 2.56. The third-order valence-corrected chi connectivity index (χ3v) is 3.51. The highest BCUT2D eigenvalue weighted by atomic mass is 16.1. The van der Waals surface area contributed by atoms with Gasteiger partial charge in [-0.2, -0.15) is 0 Å². The lowest BCUT2D eigenvalue weighted by Crippen LogP contribution is -2.32. The number of rotatable bonds is 6. The largest absolute Gasteiger partial charge is 0.308 e. The van der Waals surface area contributed by atoms with Crippen molar-refractivity contribution in [2.24, 2.45) is 0 Å². The van der Waals surface area contributed by atoms with Gasteiger partial charge in [0.25, 0.3) is 5.56 Å². The van der Waals surface area contributed by atoms with Gasteiger partial charge in [-0.05, 0) is 31.5 Å². The maximum Gasteiger partial charge on any atom is 0.261 e. The van der Waals surface area contributed by atoms with E-state index in [2.05, 4.69) is 26.1 Å². The van der Waals surface area contributed by atoms with E-state index in [0.29, 0.717) is 11.9 Å². The van der Waals surface area contributed by atoms with Crippen LogP contribution in [0.1, 0.15) is 45.5 Å². The van der Waals surface area contributed by atoms with Gasteiger partial charge in [-0.3, -0.25) is 9.36 Å². The summed E-state index contributed by atoms with van der Waals surface area (Å²) in [6.07, 6.45) is 1.85. The minimum atomic E-state index is 0.0730. The average Bonchev–Trinajstić information content (AvgIpc) is 2.48. The number of benzene rings is 1. The van der Waals surface area contributed by atoms with Crippen molar-refractivity contribution < 1.29 is 0 Å². The molecule has 0 radical (unpaired) electrons. The van der Waals surface area contributed by atoms with Gasteiger partial charge in [-0.1, -0.05) is 32.9 Å². The van der Waals surface area contributed by atoms with Crippen molar-refractivity contribution in [1.82, 2.24) is 14.9 Å². The van der Waals surface area contributed by atoms with E-state index in [-0.39, 0.29) is 11.6 Å². The number of nitrogens with zero attached hydrogens (tertiary/aromatic N) is 2. The van der Waals surface area contributed by atoms with E-state index in [9.17, 15) is 4.79 Å². The van der Waals surface area contributed by atoms with Crippen LogP contribution in [0, 0.1) is 0 Å². The van der Waals surface area contributed by atoms with Crippen molar-refractivity contribution in [2.45, 2.75) is 46.2 Å². The molecule has 1 N–H and O–H groups in total. The summed E-state index contributed by atoms with van der Waals surface area (Å²) in [6.45, 7) is 7.86. The first-order chi connectivity index (χ1) is 9.72. The standard InChI is InChI=1S/C16H23N3O/c1-4-11-19-15(13(5-2)17-6-3)18-14-10-8-7-9-12(14)16(19)20/h7-10,13,17H,4-6,11H2,1-3H3/t13-/m1/s1. The highest BCUT2D eigenvalue weighted by Crippen LogP contribution is 2.17. The van der Waals surface area contributed by atoms with Gasteiger partial charge in [-0.25, -0.2) is 4.98 Å². The topological polar surface area (TPSA) is 46.9 Å². The Bertz CT molecular complexity index is 633. The second-order valence-corrected chi connectivity index (χ2v) is 4.96. The summed E-state index contributed by atoms with van der Waals surface area (Å²) in [5.41, 5.74) is 0.861. The van der Waals surface area contributed by atoms with Crippen molar-refractivity contribution in [2.75, 3.05) is 6.54 Å². The lowest BCUT2D eigenvalue weighted by Gasteiger charge is -2.20. The first kappa shape index (κ1) is 14.7. The summed E-state index contributed by atoms with van der Waals surface area (Å²) >= 11 is 0. The molecule has 20 heavy (non-hydrogen) atoms. The predicted molar refractivity (Wildman–Crippen MR) is 83.0 cm³/mol. The van der Waals surface area contributed by atoms with Gasteiger partial charge in [0.15, 0.2) is 0 Å². The van der Waals surface area contributed by atoms with E-state index >= 15 is 0 Å². The van der Waals surface area contributed by atoms with Crippen LogP contribution in [0.15, 0.2) is 29.1 Å². The van der Waals surface area contributed by atoms with E-state index < -0.39 is 0 Å². The number of hydrogen-bond acceptors (Lipinski definition) is 3. The Morgan fingerprint density at radius 3 is 2.65 bits per heavy atom. The van der Waals surface area contributed by atoms with Crippen LogP contribution in [0.3, 0.4) is 0 Å². The Morgan fingerprint density at radius 2 is 2.00 bits per heavy atom. The zero-order chi connectivity index (χ0) is 14.5. The van der Waals surface area contributed by atoms with Gasteiger partial charge in [0.1, 0.15) is 5.82 Å². The molecule has 0 saturated carbocycles. The third kappa shape index (κ3) is 2.75. The Kier molecular flexibility index (Phi) is 4.90. The first-order valence-corrected chi connectivity index (χ1v) is 7.45. The molecule has 1 aromatic carbocycles. The molecule has 1 atom stereocenters. The molecule has 4 heteroatoms. The van der Waals surface area contributed by atoms with Crippen LogP contribution >= 0.6 is 0 Å². The Hall–Kier alpha value is -1.68. The van der Waals surface area contributed by atoms with Crippen LogP contribution in [-0.2, 0) is 6.54 Å². The normalized spacial score (nSPS) is 12.8. The number of nitrogens with one attached hydrogen (secondary N) is 1. The van der Waals surface area contributed by atoms with Crippen LogP contribution in [0.5, 0.6) is 0 Å². The van der Waals surface area contributed by atoms with Crippen molar-refractivity contribution in [3.8, 4) is 0 Å². The van der Waals surface area contributed by atoms with Gasteiger partial charge >= 0.3 is 0 Å². The van der Waals surface area contributed by atoms with Crippen molar-refractivity contribution >= 4 is 10.9 Å². The summed E-state index contributed by atoms with van der Waals surface area (Å²) in [6, 6.07) is 7.72. The Balaban J connectivity index is 2.67. The molecule has 108 valence electrons. The second kappa shape index (κ2) is 6.66. The first-order valence-electron chi connectivity index (χ1n) is 7.45. The summed E-state index contributed by atoms with van der Waals surface area (Å²) in [5, 5.41) is 4.12. The van der Waals surface area contributed by atoms with Crippen molar-refractivity contribution in [3.63, 3.8) is 0 Å². The van der Waals surface area contributed by atoms with Crippen LogP contribution in [0.4, 0.5) is 0 Å². The van der Waals surface area contributed by atoms with Crippen LogP contribution in [0.25, 0.3) is 10.9 Å². The molecule has 2 rings (SSSR count). The molecule has 0 spiro atoms. The maximum absolute atomic E-state index is 12.7. The van der Waals surface area contributed by atoms with Gasteiger partial charge < -0.3 is 5.32 Å². The van der Waals surface area contributed by atoms with Gasteiger partial charge in [-0.15, -0.1) is 0 Å². The van der Waals surface area contributed by atoms with E-state index in [4.69, 9.17) is 4.98 Å². The zero-order valence-electron chi connectivity index (χ0n) is 12.5. The smallest absolute Gasteiger partial charge is 0.261 e. The number of aromatic nitrogens is 2. The molecule has 0 fully saturated rings. The van der Waals surface area contributed by atoms with E-state index in [1.165, 1.54) is 0 Å². The van der Waals surface area contributed by atoms with E-state index in [1.807, 2.05) is 28.8 Å².